The number of piperazine rings is 1. The summed E-state index contributed by atoms with van der Waals surface area (Å²) in [7, 11) is 0. The van der Waals surface area contributed by atoms with Crippen LogP contribution < -0.4 is 20.1 Å². The van der Waals surface area contributed by atoms with E-state index in [0.717, 1.165) is 23.1 Å². The minimum Gasteiger partial charge on any atom is -0.491 e. The fraction of sp³-hybridized carbons (Fsp3) is 0.267. The average Bonchev–Trinajstić information content (AvgIpc) is 3.41. The maximum Gasteiger partial charge on any atom is 0.423 e. The Kier molecular flexibility index (Phi) is 7.60. The lowest BCUT2D eigenvalue weighted by Crippen LogP contribution is -2.49. The Morgan fingerprint density at radius 3 is 2.59 bits per heavy atom. The van der Waals surface area contributed by atoms with Gasteiger partial charge in [-0.3, -0.25) is 14.6 Å². The van der Waals surface area contributed by atoms with E-state index < -0.39 is 23.3 Å². The fourth-order valence-corrected chi connectivity index (χ4v) is 5.51. The number of benzene rings is 1. The molecular weight excluding hydrogens is 577 g/mol. The molecule has 224 valence electrons. The number of carbonyl (C=O) groups is 1. The van der Waals surface area contributed by atoms with Gasteiger partial charge in [0, 0.05) is 51.2 Å². The first-order valence-electron chi connectivity index (χ1n) is 13.7. The summed E-state index contributed by atoms with van der Waals surface area (Å²) in [6.07, 6.45) is -0.931. The quantitative estimate of drug-likeness (QED) is 0.352. The van der Waals surface area contributed by atoms with Crippen LogP contribution in [0.4, 0.5) is 24.7 Å². The summed E-state index contributed by atoms with van der Waals surface area (Å²) in [5.41, 5.74) is -0.773. The molecule has 0 bridgehead atoms. The number of hydrogen-bond donors (Lipinski definition) is 1. The number of halogens is 3. The number of nitriles is 1. The summed E-state index contributed by atoms with van der Waals surface area (Å²) >= 11 is 0. The maximum absolute atomic E-state index is 13.9. The van der Waals surface area contributed by atoms with E-state index >= 15 is 0 Å². The number of carbonyl (C=O) groups excluding carboxylic acids is 1. The molecule has 1 amide bonds. The Bertz CT molecular complexity index is 1780. The van der Waals surface area contributed by atoms with Crippen LogP contribution in [0.25, 0.3) is 0 Å². The molecule has 1 fully saturated rings. The Morgan fingerprint density at radius 2 is 1.86 bits per heavy atom. The number of amides is 1. The highest BCUT2D eigenvalue weighted by atomic mass is 19.4. The van der Waals surface area contributed by atoms with Gasteiger partial charge in [-0.05, 0) is 29.3 Å². The first kappa shape index (κ1) is 28.7. The summed E-state index contributed by atoms with van der Waals surface area (Å²) in [6, 6.07) is 15.2. The van der Waals surface area contributed by atoms with Gasteiger partial charge in [0.05, 0.1) is 23.5 Å². The van der Waals surface area contributed by atoms with Gasteiger partial charge in [-0.2, -0.15) is 23.5 Å². The van der Waals surface area contributed by atoms with Gasteiger partial charge in [0.1, 0.15) is 35.5 Å². The molecule has 14 heteroatoms. The van der Waals surface area contributed by atoms with Crippen LogP contribution in [0.15, 0.2) is 71.9 Å². The highest BCUT2D eigenvalue weighted by Gasteiger charge is 2.42. The van der Waals surface area contributed by atoms with Gasteiger partial charge < -0.3 is 19.4 Å². The molecule has 1 N–H and O–H groups in total. The molecule has 11 nitrogen and oxygen atoms in total. The van der Waals surface area contributed by atoms with Crippen LogP contribution in [-0.4, -0.2) is 63.8 Å². The van der Waals surface area contributed by atoms with Crippen LogP contribution in [-0.2, 0) is 12.7 Å². The molecule has 5 heterocycles. The van der Waals surface area contributed by atoms with Crippen molar-refractivity contribution in [3.63, 3.8) is 0 Å². The zero-order valence-corrected chi connectivity index (χ0v) is 23.2. The van der Waals surface area contributed by atoms with Gasteiger partial charge in [0.15, 0.2) is 0 Å². The molecule has 4 aromatic rings. The maximum atomic E-state index is 13.9. The van der Waals surface area contributed by atoms with Gasteiger partial charge in [-0.1, -0.05) is 24.3 Å². The Hall–Kier alpha value is -5.45. The molecule has 0 spiro atoms. The lowest BCUT2D eigenvalue weighted by atomic mass is 10.1. The van der Waals surface area contributed by atoms with Crippen molar-refractivity contribution in [3.8, 4) is 11.8 Å². The molecule has 1 aromatic carbocycles. The number of rotatable bonds is 6. The predicted molar refractivity (Wildman–Crippen MR) is 152 cm³/mol. The summed E-state index contributed by atoms with van der Waals surface area (Å²) in [4.78, 5) is 39.2. The van der Waals surface area contributed by atoms with Crippen LogP contribution in [0.3, 0.4) is 0 Å². The van der Waals surface area contributed by atoms with Crippen LogP contribution in [0.5, 0.6) is 5.75 Å². The zero-order valence-electron chi connectivity index (χ0n) is 23.2. The Labute approximate surface area is 249 Å². The molecule has 1 saturated heterocycles. The van der Waals surface area contributed by atoms with Crippen LogP contribution in [0.1, 0.15) is 38.8 Å². The standard InChI is InChI=1S/C30H25F3N8O3/c31-30(32,33)27-24(16-37-38-28(27)42)41-17-20-3-1-2-4-22(20)25(41)18-44-21-7-8-35-23(13-21)29(43)40-11-9-39(10-12-40)26-6-5-19(14-34)15-36-26/h1-8,13,15-16,25H,9-12,17-18H2,(H,38,42)/t25-/m1/s1. The molecule has 2 aliphatic heterocycles. The van der Waals surface area contributed by atoms with Gasteiger partial charge in [0.2, 0.25) is 0 Å². The third kappa shape index (κ3) is 5.63. The van der Waals surface area contributed by atoms with E-state index in [1.165, 1.54) is 23.4 Å². The summed E-state index contributed by atoms with van der Waals surface area (Å²) in [5.74, 6) is 0.777. The lowest BCUT2D eigenvalue weighted by Gasteiger charge is -2.35. The number of H-pyrrole nitrogens is 1. The minimum atomic E-state index is -4.89. The van der Waals surface area contributed by atoms with E-state index in [9.17, 15) is 22.8 Å². The fourth-order valence-electron chi connectivity index (χ4n) is 5.51. The number of nitrogens with zero attached hydrogens (tertiary/aromatic N) is 7. The molecule has 6 rings (SSSR count). The Morgan fingerprint density at radius 1 is 1.07 bits per heavy atom. The molecule has 1 atom stereocenters. The number of hydrogen-bond acceptors (Lipinski definition) is 9. The molecule has 44 heavy (non-hydrogen) atoms. The molecule has 3 aromatic heterocycles. The first-order chi connectivity index (χ1) is 21.2. The summed E-state index contributed by atoms with van der Waals surface area (Å²) < 4.78 is 47.8. The van der Waals surface area contributed by atoms with E-state index in [4.69, 9.17) is 10.00 Å². The van der Waals surface area contributed by atoms with Crippen LogP contribution in [0, 0.1) is 11.3 Å². The molecule has 0 unspecified atom stereocenters. The smallest absolute Gasteiger partial charge is 0.423 e. The monoisotopic (exact) mass is 602 g/mol. The lowest BCUT2D eigenvalue weighted by molar-refractivity contribution is -0.138. The van der Waals surface area contributed by atoms with E-state index in [-0.39, 0.29) is 30.4 Å². The number of anilines is 2. The third-order valence-electron chi connectivity index (χ3n) is 7.69. The van der Waals surface area contributed by atoms with E-state index in [2.05, 4.69) is 15.1 Å². The molecule has 0 aliphatic carbocycles. The van der Waals surface area contributed by atoms with Crippen molar-refractivity contribution >= 4 is 17.4 Å². The van der Waals surface area contributed by atoms with Crippen molar-refractivity contribution in [2.24, 2.45) is 0 Å². The average molecular weight is 603 g/mol. The van der Waals surface area contributed by atoms with Gasteiger partial charge in [-0.25, -0.2) is 10.1 Å². The summed E-state index contributed by atoms with van der Waals surface area (Å²) in [5, 5.41) is 14.5. The zero-order chi connectivity index (χ0) is 30.8. The topological polar surface area (TPSA) is 131 Å². The van der Waals surface area contributed by atoms with Gasteiger partial charge >= 0.3 is 6.18 Å². The number of ether oxygens (including phenoxy) is 1. The molecule has 0 radical (unpaired) electrons. The number of pyridine rings is 2. The second-order valence-electron chi connectivity index (χ2n) is 10.3. The van der Waals surface area contributed by atoms with Crippen molar-refractivity contribution in [1.29, 1.82) is 5.26 Å². The number of alkyl halides is 3. The van der Waals surface area contributed by atoms with Crippen LogP contribution in [0.2, 0.25) is 0 Å². The first-order valence-corrected chi connectivity index (χ1v) is 13.7. The van der Waals surface area contributed by atoms with Crippen molar-refractivity contribution in [1.82, 2.24) is 25.1 Å². The van der Waals surface area contributed by atoms with E-state index in [1.807, 2.05) is 28.2 Å². The number of aromatic amines is 1. The van der Waals surface area contributed by atoms with E-state index in [1.54, 1.807) is 35.2 Å². The SMILES string of the molecule is N#Cc1ccc(N2CCN(C(=O)c3cc(OC[C@@H]4c5ccccc5CN4c4cn[nH]c(=O)c4C(F)(F)F)ccn3)CC2)nc1. The van der Waals surface area contributed by atoms with Gasteiger partial charge in [-0.15, -0.1) is 0 Å². The van der Waals surface area contributed by atoms with Crippen LogP contribution >= 0.6 is 0 Å². The molecular formula is C30H25F3N8O3. The number of aromatic nitrogens is 4. The van der Waals surface area contributed by atoms with Crippen molar-refractivity contribution in [2.75, 3.05) is 42.6 Å². The number of fused-ring (bicyclic) bond motifs is 1. The van der Waals surface area contributed by atoms with Crippen molar-refractivity contribution in [3.05, 3.63) is 105 Å². The van der Waals surface area contributed by atoms with Crippen molar-refractivity contribution < 1.29 is 22.7 Å². The van der Waals surface area contributed by atoms with Crippen molar-refractivity contribution in [2.45, 2.75) is 18.8 Å². The van der Waals surface area contributed by atoms with E-state index in [0.29, 0.717) is 37.5 Å². The Balaban J connectivity index is 1.16. The number of nitrogens with one attached hydrogen (secondary N) is 1. The molecule has 0 saturated carbocycles. The second kappa shape index (κ2) is 11.7. The van der Waals surface area contributed by atoms with Gasteiger partial charge in [0.25, 0.3) is 11.5 Å². The highest BCUT2D eigenvalue weighted by Crippen LogP contribution is 2.42. The largest absolute Gasteiger partial charge is 0.491 e. The third-order valence-corrected chi connectivity index (χ3v) is 7.69. The highest BCUT2D eigenvalue weighted by molar-refractivity contribution is 5.92. The summed E-state index contributed by atoms with van der Waals surface area (Å²) in [6.45, 7) is 2.04. The second-order valence-corrected chi connectivity index (χ2v) is 10.3. The predicted octanol–water partition coefficient (Wildman–Crippen LogP) is 3.55. The minimum absolute atomic E-state index is 0.0605. The molecule has 2 aliphatic rings. The normalized spacial score (nSPS) is 16.4.